The predicted molar refractivity (Wildman–Crippen MR) is 131 cm³/mol. The van der Waals surface area contributed by atoms with Gasteiger partial charge < -0.3 is 5.32 Å². The van der Waals surface area contributed by atoms with Gasteiger partial charge in [-0.05, 0) is 72.0 Å². The first-order chi connectivity index (χ1) is 16.0. The van der Waals surface area contributed by atoms with E-state index in [0.29, 0.717) is 11.3 Å². The molecular formula is C27H29FN2O2S. The SMILES string of the molecule is Cc1ccc(N(C(=O)Cc2ccsc2)[C@@H](C(=O)NC2CCCCC2)c2ccc(F)cc2)cc1. The average Bonchev–Trinajstić information content (AvgIpc) is 3.32. The van der Waals surface area contributed by atoms with E-state index in [2.05, 4.69) is 5.32 Å². The van der Waals surface area contributed by atoms with Crippen LogP contribution in [-0.4, -0.2) is 17.9 Å². The molecule has 172 valence electrons. The van der Waals surface area contributed by atoms with Crippen molar-refractivity contribution in [3.8, 4) is 0 Å². The second kappa shape index (κ2) is 10.8. The second-order valence-corrected chi connectivity index (χ2v) is 9.49. The van der Waals surface area contributed by atoms with Crippen molar-refractivity contribution in [3.63, 3.8) is 0 Å². The summed E-state index contributed by atoms with van der Waals surface area (Å²) in [7, 11) is 0. The first-order valence-corrected chi connectivity index (χ1v) is 12.4. The Morgan fingerprint density at radius 3 is 2.36 bits per heavy atom. The van der Waals surface area contributed by atoms with Crippen molar-refractivity contribution in [3.05, 3.63) is 87.9 Å². The number of anilines is 1. The topological polar surface area (TPSA) is 49.4 Å². The molecule has 0 unspecified atom stereocenters. The molecule has 1 aliphatic rings. The molecule has 0 spiro atoms. The van der Waals surface area contributed by atoms with Crippen molar-refractivity contribution >= 4 is 28.8 Å². The number of hydrogen-bond acceptors (Lipinski definition) is 3. The van der Waals surface area contributed by atoms with Crippen molar-refractivity contribution in [2.24, 2.45) is 0 Å². The summed E-state index contributed by atoms with van der Waals surface area (Å²) < 4.78 is 13.7. The van der Waals surface area contributed by atoms with E-state index in [1.54, 1.807) is 17.0 Å². The maximum Gasteiger partial charge on any atom is 0.248 e. The summed E-state index contributed by atoms with van der Waals surface area (Å²) in [5, 5.41) is 7.06. The Balaban J connectivity index is 1.73. The number of aryl methyl sites for hydroxylation is 1. The normalized spacial score (nSPS) is 15.1. The smallest absolute Gasteiger partial charge is 0.248 e. The quantitative estimate of drug-likeness (QED) is 0.469. The lowest BCUT2D eigenvalue weighted by molar-refractivity contribution is -0.127. The number of thiophene rings is 1. The van der Waals surface area contributed by atoms with Gasteiger partial charge in [0.2, 0.25) is 11.8 Å². The Morgan fingerprint density at radius 1 is 1.03 bits per heavy atom. The van der Waals surface area contributed by atoms with Crippen LogP contribution in [0.15, 0.2) is 65.4 Å². The second-order valence-electron chi connectivity index (χ2n) is 8.71. The molecule has 0 saturated heterocycles. The Kier molecular flexibility index (Phi) is 7.55. The summed E-state index contributed by atoms with van der Waals surface area (Å²) >= 11 is 1.54. The number of nitrogens with zero attached hydrogens (tertiary/aromatic N) is 1. The lowest BCUT2D eigenvalue weighted by Gasteiger charge is -2.33. The molecule has 3 aromatic rings. The zero-order valence-electron chi connectivity index (χ0n) is 18.8. The number of halogens is 1. The molecule has 33 heavy (non-hydrogen) atoms. The van der Waals surface area contributed by atoms with E-state index in [4.69, 9.17) is 0 Å². The van der Waals surface area contributed by atoms with Crippen LogP contribution in [0.1, 0.15) is 54.8 Å². The van der Waals surface area contributed by atoms with Crippen LogP contribution >= 0.6 is 11.3 Å². The predicted octanol–water partition coefficient (Wildman–Crippen LogP) is 5.96. The van der Waals surface area contributed by atoms with Gasteiger partial charge in [-0.15, -0.1) is 0 Å². The van der Waals surface area contributed by atoms with Gasteiger partial charge in [-0.2, -0.15) is 11.3 Å². The van der Waals surface area contributed by atoms with Gasteiger partial charge in [0.1, 0.15) is 11.9 Å². The third kappa shape index (κ3) is 5.88. The zero-order valence-corrected chi connectivity index (χ0v) is 19.6. The van der Waals surface area contributed by atoms with Crippen LogP contribution in [0.3, 0.4) is 0 Å². The Hall–Kier alpha value is -2.99. The summed E-state index contributed by atoms with van der Waals surface area (Å²) in [5.74, 6) is -0.783. The van der Waals surface area contributed by atoms with Crippen molar-refractivity contribution in [2.75, 3.05) is 4.90 Å². The zero-order chi connectivity index (χ0) is 23.2. The number of benzene rings is 2. The Bertz CT molecular complexity index is 1060. The van der Waals surface area contributed by atoms with E-state index in [-0.39, 0.29) is 30.1 Å². The summed E-state index contributed by atoms with van der Waals surface area (Å²) in [6.45, 7) is 1.98. The number of carbonyl (C=O) groups excluding carboxylic acids is 2. The van der Waals surface area contributed by atoms with Gasteiger partial charge >= 0.3 is 0 Å². The molecule has 6 heteroatoms. The highest BCUT2D eigenvalue weighted by atomic mass is 32.1. The standard InChI is InChI=1S/C27H29FN2O2S/c1-19-7-13-24(14-8-19)30(25(31)17-20-15-16-33-18-20)26(21-9-11-22(28)12-10-21)27(32)29-23-5-3-2-4-6-23/h7-16,18,23,26H,2-6,17H2,1H3,(H,29,32)/t26-/m1/s1. The molecule has 2 amide bonds. The molecule has 0 bridgehead atoms. The molecular weight excluding hydrogens is 435 g/mol. The van der Waals surface area contributed by atoms with E-state index < -0.39 is 6.04 Å². The van der Waals surface area contributed by atoms with Gasteiger partial charge in [0.05, 0.1) is 6.42 Å². The largest absolute Gasteiger partial charge is 0.351 e. The lowest BCUT2D eigenvalue weighted by atomic mass is 9.94. The summed E-state index contributed by atoms with van der Waals surface area (Å²) in [4.78, 5) is 28.9. The summed E-state index contributed by atoms with van der Waals surface area (Å²) in [6.07, 6.45) is 5.43. The Labute approximate surface area is 198 Å². The van der Waals surface area contributed by atoms with Crippen LogP contribution < -0.4 is 10.2 Å². The van der Waals surface area contributed by atoms with Crippen LogP contribution in [0, 0.1) is 12.7 Å². The minimum Gasteiger partial charge on any atom is -0.351 e. The third-order valence-electron chi connectivity index (χ3n) is 6.16. The molecule has 1 atom stereocenters. The number of rotatable bonds is 7. The number of nitrogens with one attached hydrogen (secondary N) is 1. The molecule has 1 N–H and O–H groups in total. The van der Waals surface area contributed by atoms with Crippen LogP contribution in [0.25, 0.3) is 0 Å². The number of carbonyl (C=O) groups is 2. The van der Waals surface area contributed by atoms with Gasteiger partial charge in [0, 0.05) is 11.7 Å². The van der Waals surface area contributed by atoms with E-state index in [9.17, 15) is 14.0 Å². The summed E-state index contributed by atoms with van der Waals surface area (Å²) in [6, 6.07) is 14.6. The fraction of sp³-hybridized carbons (Fsp3) is 0.333. The minimum absolute atomic E-state index is 0.0982. The molecule has 1 aliphatic carbocycles. The van der Waals surface area contributed by atoms with Gasteiger partial charge in [-0.1, -0.05) is 49.1 Å². The molecule has 2 aromatic carbocycles. The minimum atomic E-state index is -0.888. The van der Waals surface area contributed by atoms with Crippen LogP contribution in [0.4, 0.5) is 10.1 Å². The van der Waals surface area contributed by atoms with E-state index >= 15 is 0 Å². The maximum absolute atomic E-state index is 13.7. The van der Waals surface area contributed by atoms with Gasteiger partial charge in [-0.3, -0.25) is 14.5 Å². The van der Waals surface area contributed by atoms with Crippen molar-refractivity contribution < 1.29 is 14.0 Å². The molecule has 1 aromatic heterocycles. The van der Waals surface area contributed by atoms with E-state index in [1.165, 1.54) is 29.9 Å². The van der Waals surface area contributed by atoms with Gasteiger partial charge in [0.15, 0.2) is 0 Å². The first-order valence-electron chi connectivity index (χ1n) is 11.5. The molecule has 1 fully saturated rings. The van der Waals surface area contributed by atoms with Crippen LogP contribution in [0.5, 0.6) is 0 Å². The van der Waals surface area contributed by atoms with E-state index in [1.807, 2.05) is 48.0 Å². The van der Waals surface area contributed by atoms with Crippen molar-refractivity contribution in [1.29, 1.82) is 0 Å². The molecule has 0 radical (unpaired) electrons. The summed E-state index contributed by atoms with van der Waals surface area (Å²) in [5.41, 5.74) is 3.21. The number of hydrogen-bond donors (Lipinski definition) is 1. The molecule has 4 nitrogen and oxygen atoms in total. The molecule has 4 rings (SSSR count). The lowest BCUT2D eigenvalue weighted by Crippen LogP contribution is -2.47. The monoisotopic (exact) mass is 464 g/mol. The fourth-order valence-electron chi connectivity index (χ4n) is 4.39. The third-order valence-corrected chi connectivity index (χ3v) is 6.89. The van der Waals surface area contributed by atoms with Crippen LogP contribution in [0.2, 0.25) is 0 Å². The van der Waals surface area contributed by atoms with Crippen molar-refractivity contribution in [2.45, 2.75) is 57.5 Å². The average molecular weight is 465 g/mol. The molecule has 0 aliphatic heterocycles. The first kappa shape index (κ1) is 23.2. The highest BCUT2D eigenvalue weighted by molar-refractivity contribution is 7.08. The van der Waals surface area contributed by atoms with Crippen LogP contribution in [-0.2, 0) is 16.0 Å². The number of amides is 2. The van der Waals surface area contributed by atoms with E-state index in [0.717, 1.165) is 36.8 Å². The van der Waals surface area contributed by atoms with Gasteiger partial charge in [-0.25, -0.2) is 4.39 Å². The molecule has 1 heterocycles. The fourth-order valence-corrected chi connectivity index (χ4v) is 5.05. The maximum atomic E-state index is 13.7. The van der Waals surface area contributed by atoms with Crippen molar-refractivity contribution in [1.82, 2.24) is 5.32 Å². The highest BCUT2D eigenvalue weighted by Crippen LogP contribution is 2.30. The van der Waals surface area contributed by atoms with Gasteiger partial charge in [0.25, 0.3) is 0 Å². The molecule has 1 saturated carbocycles. The highest BCUT2D eigenvalue weighted by Gasteiger charge is 2.34. The Morgan fingerprint density at radius 2 is 1.73 bits per heavy atom.